The number of thiazole rings is 1. The van der Waals surface area contributed by atoms with Crippen LogP contribution < -0.4 is 10.5 Å². The summed E-state index contributed by atoms with van der Waals surface area (Å²) in [6.45, 7) is 0. The van der Waals surface area contributed by atoms with Crippen LogP contribution >= 0.6 is 11.3 Å². The van der Waals surface area contributed by atoms with Crippen molar-refractivity contribution in [1.82, 2.24) is 9.97 Å². The van der Waals surface area contributed by atoms with E-state index in [2.05, 4.69) is 9.97 Å². The van der Waals surface area contributed by atoms with Crippen LogP contribution in [0.1, 0.15) is 12.0 Å². The first-order valence-corrected chi connectivity index (χ1v) is 5.30. The van der Waals surface area contributed by atoms with Gasteiger partial charge in [-0.05, 0) is 0 Å². The van der Waals surface area contributed by atoms with Gasteiger partial charge in [0.25, 0.3) is 6.43 Å². The molecule has 86 valence electrons. The van der Waals surface area contributed by atoms with E-state index in [1.165, 1.54) is 0 Å². The summed E-state index contributed by atoms with van der Waals surface area (Å²) in [4.78, 5) is 19.4. The van der Waals surface area contributed by atoms with E-state index >= 15 is 0 Å². The zero-order valence-electron chi connectivity index (χ0n) is 8.62. The Bertz CT molecular complexity index is 576. The van der Waals surface area contributed by atoms with Crippen molar-refractivity contribution < 1.29 is 8.78 Å². The monoisotopic (exact) mass is 245 g/mol. The molecule has 16 heavy (non-hydrogen) atoms. The zero-order chi connectivity index (χ0) is 11.9. The highest BCUT2D eigenvalue weighted by Gasteiger charge is 2.17. The molecule has 0 atom stereocenters. The zero-order valence-corrected chi connectivity index (χ0v) is 9.44. The molecule has 0 aliphatic carbocycles. The largest absolute Gasteiger partial charge is 0.354 e. The molecule has 0 aliphatic heterocycles. The second-order valence-corrected chi connectivity index (χ2v) is 4.44. The van der Waals surface area contributed by atoms with Crippen molar-refractivity contribution in [3.05, 3.63) is 22.0 Å². The minimum Gasteiger partial charge on any atom is -0.354 e. The summed E-state index contributed by atoms with van der Waals surface area (Å²) in [5.41, 5.74) is -0.598. The molecule has 0 saturated heterocycles. The van der Waals surface area contributed by atoms with Crippen molar-refractivity contribution >= 4 is 26.8 Å². The standard InChI is InChI=1S/C9H9F2N3OS/c1-14(2)9-13-8-6(16-9)4(7(10)11)3-5(15)12-8/h3,7H,1-2H3,(H,12,15). The van der Waals surface area contributed by atoms with Crippen LogP contribution in [0.2, 0.25) is 0 Å². The van der Waals surface area contributed by atoms with E-state index < -0.39 is 12.0 Å². The number of anilines is 1. The lowest BCUT2D eigenvalue weighted by Crippen LogP contribution is -2.08. The summed E-state index contributed by atoms with van der Waals surface area (Å²) in [6.07, 6.45) is -2.67. The fourth-order valence-corrected chi connectivity index (χ4v) is 2.26. The molecule has 1 N–H and O–H groups in total. The van der Waals surface area contributed by atoms with Gasteiger partial charge in [0.15, 0.2) is 10.8 Å². The third-order valence-electron chi connectivity index (χ3n) is 2.02. The number of halogens is 2. The lowest BCUT2D eigenvalue weighted by Gasteiger charge is -2.04. The number of aromatic nitrogens is 2. The molecule has 0 spiro atoms. The molecule has 0 radical (unpaired) electrons. The van der Waals surface area contributed by atoms with Crippen LogP contribution in [-0.4, -0.2) is 24.1 Å². The van der Waals surface area contributed by atoms with Crippen molar-refractivity contribution in [3.8, 4) is 0 Å². The predicted molar refractivity (Wildman–Crippen MR) is 59.5 cm³/mol. The Kier molecular flexibility index (Phi) is 2.63. The number of rotatable bonds is 2. The van der Waals surface area contributed by atoms with E-state index in [-0.39, 0.29) is 11.2 Å². The normalized spacial score (nSPS) is 11.3. The molecule has 0 unspecified atom stereocenters. The number of nitrogens with zero attached hydrogens (tertiary/aromatic N) is 2. The number of pyridine rings is 1. The molecule has 4 nitrogen and oxygen atoms in total. The van der Waals surface area contributed by atoms with Gasteiger partial charge >= 0.3 is 0 Å². The summed E-state index contributed by atoms with van der Waals surface area (Å²) < 4.78 is 25.7. The molecule has 0 fully saturated rings. The molecule has 0 bridgehead atoms. The highest BCUT2D eigenvalue weighted by molar-refractivity contribution is 7.22. The maximum absolute atomic E-state index is 12.7. The second kappa shape index (κ2) is 3.82. The van der Waals surface area contributed by atoms with Crippen molar-refractivity contribution in [2.24, 2.45) is 0 Å². The summed E-state index contributed by atoms with van der Waals surface area (Å²) in [6, 6.07) is 0.921. The van der Waals surface area contributed by atoms with Gasteiger partial charge in [-0.25, -0.2) is 13.8 Å². The van der Waals surface area contributed by atoms with Gasteiger partial charge in [-0.3, -0.25) is 4.79 Å². The highest BCUT2D eigenvalue weighted by Crippen LogP contribution is 2.32. The van der Waals surface area contributed by atoms with Crippen LogP contribution in [0.15, 0.2) is 10.9 Å². The molecule has 0 aromatic carbocycles. The van der Waals surface area contributed by atoms with Gasteiger partial charge < -0.3 is 9.88 Å². The maximum atomic E-state index is 12.7. The quantitative estimate of drug-likeness (QED) is 0.880. The second-order valence-electron chi connectivity index (χ2n) is 3.46. The van der Waals surface area contributed by atoms with Crippen LogP contribution in [0.3, 0.4) is 0 Å². The maximum Gasteiger partial charge on any atom is 0.265 e. The molecular formula is C9H9F2N3OS. The Balaban J connectivity index is 2.75. The first-order valence-electron chi connectivity index (χ1n) is 4.48. The van der Waals surface area contributed by atoms with Gasteiger partial charge in [-0.1, -0.05) is 11.3 Å². The number of hydrogen-bond donors (Lipinski definition) is 1. The third-order valence-corrected chi connectivity index (χ3v) is 3.30. The fourth-order valence-electron chi connectivity index (χ4n) is 1.30. The molecule has 0 saturated carbocycles. The Morgan fingerprint density at radius 2 is 2.19 bits per heavy atom. The van der Waals surface area contributed by atoms with Crippen LogP contribution in [-0.2, 0) is 0 Å². The van der Waals surface area contributed by atoms with Gasteiger partial charge in [0, 0.05) is 25.7 Å². The molecule has 2 heterocycles. The average Bonchev–Trinajstić information content (AvgIpc) is 2.59. The van der Waals surface area contributed by atoms with Crippen LogP contribution in [0.4, 0.5) is 13.9 Å². The van der Waals surface area contributed by atoms with Gasteiger partial charge in [0.2, 0.25) is 5.56 Å². The molecule has 0 amide bonds. The van der Waals surface area contributed by atoms with E-state index in [9.17, 15) is 13.6 Å². The van der Waals surface area contributed by atoms with Crippen molar-refractivity contribution in [1.29, 1.82) is 0 Å². The smallest absolute Gasteiger partial charge is 0.265 e. The summed E-state index contributed by atoms with van der Waals surface area (Å²) in [7, 11) is 3.52. The third kappa shape index (κ3) is 1.78. The van der Waals surface area contributed by atoms with Crippen molar-refractivity contribution in [2.75, 3.05) is 19.0 Å². The van der Waals surface area contributed by atoms with E-state index in [0.717, 1.165) is 17.4 Å². The highest BCUT2D eigenvalue weighted by atomic mass is 32.1. The molecule has 2 aromatic rings. The minimum absolute atomic E-state index is 0.219. The molecule has 0 aliphatic rings. The lowest BCUT2D eigenvalue weighted by atomic mass is 10.3. The van der Waals surface area contributed by atoms with E-state index in [4.69, 9.17) is 0 Å². The number of H-pyrrole nitrogens is 1. The fraction of sp³-hybridized carbons (Fsp3) is 0.333. The summed E-state index contributed by atoms with van der Waals surface area (Å²) >= 11 is 1.13. The Labute approximate surface area is 93.5 Å². The Morgan fingerprint density at radius 3 is 2.75 bits per heavy atom. The van der Waals surface area contributed by atoms with Gasteiger partial charge in [-0.15, -0.1) is 0 Å². The van der Waals surface area contributed by atoms with Gasteiger partial charge in [0.05, 0.1) is 4.70 Å². The van der Waals surface area contributed by atoms with E-state index in [1.54, 1.807) is 19.0 Å². The number of nitrogens with one attached hydrogen (secondary N) is 1. The number of fused-ring (bicyclic) bond motifs is 1. The number of aromatic amines is 1. The first-order chi connectivity index (χ1) is 7.49. The van der Waals surface area contributed by atoms with Crippen LogP contribution in [0.25, 0.3) is 10.3 Å². The van der Waals surface area contributed by atoms with Crippen molar-refractivity contribution in [2.45, 2.75) is 6.43 Å². The van der Waals surface area contributed by atoms with Crippen LogP contribution in [0, 0.1) is 0 Å². The average molecular weight is 245 g/mol. The molecular weight excluding hydrogens is 236 g/mol. The molecule has 2 aromatic heterocycles. The van der Waals surface area contributed by atoms with E-state index in [0.29, 0.717) is 9.83 Å². The summed E-state index contributed by atoms with van der Waals surface area (Å²) in [5.74, 6) is 0. The van der Waals surface area contributed by atoms with Crippen LogP contribution in [0.5, 0.6) is 0 Å². The Hall–Kier alpha value is -1.50. The number of alkyl halides is 2. The first kappa shape index (κ1) is 11.0. The minimum atomic E-state index is -2.67. The van der Waals surface area contributed by atoms with Gasteiger partial charge in [0.1, 0.15) is 0 Å². The van der Waals surface area contributed by atoms with Gasteiger partial charge in [-0.2, -0.15) is 0 Å². The van der Waals surface area contributed by atoms with E-state index in [1.807, 2.05) is 0 Å². The topological polar surface area (TPSA) is 49.0 Å². The predicted octanol–water partition coefficient (Wildman–Crippen LogP) is 1.99. The SMILES string of the molecule is CN(C)c1nc2[nH]c(=O)cc(C(F)F)c2s1. The molecule has 7 heteroatoms. The summed E-state index contributed by atoms with van der Waals surface area (Å²) in [5, 5.41) is 0.582. The Morgan fingerprint density at radius 1 is 1.50 bits per heavy atom. The van der Waals surface area contributed by atoms with Crippen molar-refractivity contribution in [3.63, 3.8) is 0 Å². The molecule has 2 rings (SSSR count). The lowest BCUT2D eigenvalue weighted by molar-refractivity contribution is 0.153. The number of hydrogen-bond acceptors (Lipinski definition) is 4.